The number of carbonyl (C=O) groups is 1. The Morgan fingerprint density at radius 3 is 2.75 bits per heavy atom. The molecule has 0 spiro atoms. The van der Waals surface area contributed by atoms with E-state index in [4.69, 9.17) is 11.1 Å². The smallest absolute Gasteiger partial charge is 0.237 e. The summed E-state index contributed by atoms with van der Waals surface area (Å²) in [6, 6.07) is 3.43. The van der Waals surface area contributed by atoms with Crippen molar-refractivity contribution in [1.29, 1.82) is 5.41 Å². The van der Waals surface area contributed by atoms with Gasteiger partial charge in [0.25, 0.3) is 0 Å². The monoisotopic (exact) mass is 319 g/mol. The van der Waals surface area contributed by atoms with Gasteiger partial charge >= 0.3 is 0 Å². The van der Waals surface area contributed by atoms with Crippen LogP contribution in [0.15, 0.2) is 18.3 Å². The largest absolute Gasteiger partial charge is 0.382 e. The second kappa shape index (κ2) is 8.73. The van der Waals surface area contributed by atoms with Crippen molar-refractivity contribution in [3.63, 3.8) is 0 Å². The Morgan fingerprint density at radius 1 is 1.50 bits per heavy atom. The summed E-state index contributed by atoms with van der Waals surface area (Å²) in [4.78, 5) is 15.8. The average Bonchev–Trinajstić information content (AvgIpc) is 2.90. The topological polar surface area (TPSA) is 104 Å². The standard InChI is InChI=1S/C12H17N5O.2ClH/c13-11(14)9-4-3-8(6-16-9)7-17-12(18)10-2-1-5-15-10;;/h3-4,6,10,15H,1-2,5,7H2,(H3,13,14)(H,17,18);2*1H/t10-;;/m0../s1. The van der Waals surface area contributed by atoms with Gasteiger partial charge in [0.05, 0.1) is 6.04 Å². The van der Waals surface area contributed by atoms with Crippen molar-refractivity contribution in [1.82, 2.24) is 15.6 Å². The van der Waals surface area contributed by atoms with E-state index in [1.165, 1.54) is 0 Å². The molecule has 1 aliphatic rings. The van der Waals surface area contributed by atoms with Gasteiger partial charge < -0.3 is 16.4 Å². The van der Waals surface area contributed by atoms with E-state index in [1.807, 2.05) is 6.07 Å². The normalized spacial score (nSPS) is 16.7. The molecule has 1 aliphatic heterocycles. The number of nitrogen functional groups attached to an aromatic ring is 1. The van der Waals surface area contributed by atoms with Crippen molar-refractivity contribution < 1.29 is 4.79 Å². The van der Waals surface area contributed by atoms with Crippen LogP contribution in [-0.4, -0.2) is 29.3 Å². The number of hydrogen-bond acceptors (Lipinski definition) is 4. The highest BCUT2D eigenvalue weighted by Gasteiger charge is 2.21. The van der Waals surface area contributed by atoms with Crippen LogP contribution >= 0.6 is 24.8 Å². The number of hydrogen-bond donors (Lipinski definition) is 4. The lowest BCUT2D eigenvalue weighted by molar-refractivity contribution is -0.122. The quantitative estimate of drug-likeness (QED) is 0.481. The van der Waals surface area contributed by atoms with E-state index < -0.39 is 0 Å². The van der Waals surface area contributed by atoms with Crippen LogP contribution < -0.4 is 16.4 Å². The number of nitrogens with two attached hydrogens (primary N) is 1. The molecule has 2 rings (SSSR count). The zero-order valence-corrected chi connectivity index (χ0v) is 12.5. The highest BCUT2D eigenvalue weighted by Crippen LogP contribution is 2.05. The molecule has 1 atom stereocenters. The van der Waals surface area contributed by atoms with Crippen molar-refractivity contribution in [2.75, 3.05) is 6.54 Å². The van der Waals surface area contributed by atoms with Crippen LogP contribution in [0.3, 0.4) is 0 Å². The SMILES string of the molecule is Cl.Cl.N=C(N)c1ccc(CNC(=O)[C@@H]2CCCN2)cn1. The van der Waals surface area contributed by atoms with Crippen LogP contribution in [0, 0.1) is 5.41 Å². The minimum atomic E-state index is -0.0607. The second-order valence-electron chi connectivity index (χ2n) is 4.33. The summed E-state index contributed by atoms with van der Waals surface area (Å²) in [7, 11) is 0. The van der Waals surface area contributed by atoms with Gasteiger partial charge in [-0.15, -0.1) is 24.8 Å². The molecule has 5 N–H and O–H groups in total. The summed E-state index contributed by atoms with van der Waals surface area (Å²) in [5.41, 5.74) is 6.65. The molecule has 1 fully saturated rings. The maximum absolute atomic E-state index is 11.7. The van der Waals surface area contributed by atoms with Crippen molar-refractivity contribution >= 4 is 36.6 Å². The van der Waals surface area contributed by atoms with E-state index in [9.17, 15) is 4.79 Å². The minimum absolute atomic E-state index is 0. The van der Waals surface area contributed by atoms with Crippen LogP contribution in [0.2, 0.25) is 0 Å². The lowest BCUT2D eigenvalue weighted by atomic mass is 10.2. The van der Waals surface area contributed by atoms with Crippen LogP contribution in [0.1, 0.15) is 24.1 Å². The lowest BCUT2D eigenvalue weighted by Crippen LogP contribution is -2.40. The van der Waals surface area contributed by atoms with E-state index in [0.29, 0.717) is 12.2 Å². The molecule has 0 bridgehead atoms. The Kier molecular flexibility index (Phi) is 8.13. The highest BCUT2D eigenvalue weighted by molar-refractivity contribution is 5.92. The number of nitrogens with zero attached hydrogens (tertiary/aromatic N) is 1. The number of halogens is 2. The van der Waals surface area contributed by atoms with Crippen molar-refractivity contribution in [3.8, 4) is 0 Å². The summed E-state index contributed by atoms with van der Waals surface area (Å²) in [5, 5.41) is 13.2. The van der Waals surface area contributed by atoms with Gasteiger partial charge in [0.15, 0.2) is 0 Å². The van der Waals surface area contributed by atoms with Gasteiger partial charge in [0.2, 0.25) is 5.91 Å². The van der Waals surface area contributed by atoms with Crippen LogP contribution in [0.25, 0.3) is 0 Å². The fraction of sp³-hybridized carbons (Fsp3) is 0.417. The van der Waals surface area contributed by atoms with Crippen molar-refractivity contribution in [3.05, 3.63) is 29.6 Å². The Morgan fingerprint density at radius 2 is 2.25 bits per heavy atom. The average molecular weight is 320 g/mol. The Hall–Kier alpha value is -1.37. The molecule has 0 saturated carbocycles. The molecule has 0 aliphatic carbocycles. The molecular weight excluding hydrogens is 301 g/mol. The van der Waals surface area contributed by atoms with Crippen molar-refractivity contribution in [2.45, 2.75) is 25.4 Å². The molecule has 0 aromatic carbocycles. The van der Waals surface area contributed by atoms with E-state index in [1.54, 1.807) is 12.3 Å². The summed E-state index contributed by atoms with van der Waals surface area (Å²) < 4.78 is 0. The number of nitrogens with one attached hydrogen (secondary N) is 3. The fourth-order valence-corrected chi connectivity index (χ4v) is 1.91. The maximum Gasteiger partial charge on any atom is 0.237 e. The van der Waals surface area contributed by atoms with E-state index in [-0.39, 0.29) is 42.6 Å². The molecule has 20 heavy (non-hydrogen) atoms. The molecule has 1 saturated heterocycles. The van der Waals surface area contributed by atoms with Gasteiger partial charge in [-0.2, -0.15) is 0 Å². The first-order valence-corrected chi connectivity index (χ1v) is 5.97. The van der Waals surface area contributed by atoms with E-state index >= 15 is 0 Å². The summed E-state index contributed by atoms with van der Waals surface area (Å²) in [6.07, 6.45) is 3.57. The molecule has 1 aromatic rings. The van der Waals surface area contributed by atoms with Crippen LogP contribution in [0.4, 0.5) is 0 Å². The van der Waals surface area contributed by atoms with E-state index in [0.717, 1.165) is 24.9 Å². The second-order valence-corrected chi connectivity index (χ2v) is 4.33. The zero-order valence-electron chi connectivity index (χ0n) is 10.9. The molecular formula is C12H19Cl2N5O. The number of pyridine rings is 1. The molecule has 0 radical (unpaired) electrons. The van der Waals surface area contributed by atoms with Crippen LogP contribution in [-0.2, 0) is 11.3 Å². The molecule has 6 nitrogen and oxygen atoms in total. The van der Waals surface area contributed by atoms with Crippen LogP contribution in [0.5, 0.6) is 0 Å². The molecule has 1 aromatic heterocycles. The lowest BCUT2D eigenvalue weighted by Gasteiger charge is -2.11. The van der Waals surface area contributed by atoms with Gasteiger partial charge in [-0.05, 0) is 31.0 Å². The predicted octanol–water partition coefficient (Wildman–Crippen LogP) is 0.577. The van der Waals surface area contributed by atoms with Crippen molar-refractivity contribution in [2.24, 2.45) is 5.73 Å². The molecule has 112 valence electrons. The summed E-state index contributed by atoms with van der Waals surface area (Å²) >= 11 is 0. The molecule has 8 heteroatoms. The first-order valence-electron chi connectivity index (χ1n) is 5.97. The van der Waals surface area contributed by atoms with Gasteiger partial charge in [-0.25, -0.2) is 0 Å². The number of aromatic nitrogens is 1. The maximum atomic E-state index is 11.7. The molecule has 2 heterocycles. The number of carbonyl (C=O) groups excluding carboxylic acids is 1. The van der Waals surface area contributed by atoms with Gasteiger partial charge in [-0.3, -0.25) is 15.2 Å². The third-order valence-electron chi connectivity index (χ3n) is 2.94. The summed E-state index contributed by atoms with van der Waals surface area (Å²) in [5.74, 6) is -0.0242. The Labute approximate surface area is 130 Å². The van der Waals surface area contributed by atoms with Gasteiger partial charge in [-0.1, -0.05) is 6.07 Å². The first-order chi connectivity index (χ1) is 8.66. The Bertz CT molecular complexity index is 446. The number of amidine groups is 1. The highest BCUT2D eigenvalue weighted by atomic mass is 35.5. The third kappa shape index (κ3) is 4.96. The van der Waals surface area contributed by atoms with Gasteiger partial charge in [0, 0.05) is 12.7 Å². The molecule has 0 unspecified atom stereocenters. The first kappa shape index (κ1) is 18.6. The van der Waals surface area contributed by atoms with E-state index in [2.05, 4.69) is 15.6 Å². The summed E-state index contributed by atoms with van der Waals surface area (Å²) in [6.45, 7) is 1.36. The minimum Gasteiger partial charge on any atom is -0.382 e. The predicted molar refractivity (Wildman–Crippen MR) is 82.6 cm³/mol. The molecule has 1 amide bonds. The van der Waals surface area contributed by atoms with Gasteiger partial charge in [0.1, 0.15) is 11.5 Å². The third-order valence-corrected chi connectivity index (χ3v) is 2.94. The fourth-order valence-electron chi connectivity index (χ4n) is 1.91. The zero-order chi connectivity index (χ0) is 13.0. The number of rotatable bonds is 4. The number of amides is 1. The Balaban J connectivity index is 0.00000180.